The van der Waals surface area contributed by atoms with Gasteiger partial charge in [0.2, 0.25) is 11.8 Å². The predicted octanol–water partition coefficient (Wildman–Crippen LogP) is 2.05. The van der Waals surface area contributed by atoms with Crippen molar-refractivity contribution in [2.24, 2.45) is 11.8 Å². The first kappa shape index (κ1) is 23.5. The molecule has 1 spiro atoms. The van der Waals surface area contributed by atoms with Crippen LogP contribution in [0.1, 0.15) is 17.4 Å². The fourth-order valence-electron chi connectivity index (χ4n) is 6.26. The topological polar surface area (TPSA) is 103 Å². The van der Waals surface area contributed by atoms with Crippen molar-refractivity contribution in [3.63, 3.8) is 0 Å². The monoisotopic (exact) mass is 532 g/mol. The number of amides is 2. The number of rotatable bonds is 5. The van der Waals surface area contributed by atoms with Crippen LogP contribution in [-0.4, -0.2) is 86.4 Å². The van der Waals surface area contributed by atoms with Crippen LogP contribution in [-0.2, 0) is 19.1 Å². The molecule has 38 heavy (non-hydrogen) atoms. The fraction of sp³-hybridized carbons (Fsp3) is 0.370. The quantitative estimate of drug-likeness (QED) is 0.463. The van der Waals surface area contributed by atoms with E-state index >= 15 is 0 Å². The number of hydrogen-bond acceptors (Lipinski definition) is 7. The third-order valence-electron chi connectivity index (χ3n) is 7.97. The number of carbonyl (C=O) groups is 2. The Bertz CT molecular complexity index is 1410. The van der Waals surface area contributed by atoms with Crippen LogP contribution in [0.3, 0.4) is 0 Å². The van der Waals surface area contributed by atoms with Gasteiger partial charge in [0.25, 0.3) is 0 Å². The summed E-state index contributed by atoms with van der Waals surface area (Å²) in [6.07, 6.45) is 3.50. The number of nitrogens with zero attached hydrogens (tertiary/aromatic N) is 6. The van der Waals surface area contributed by atoms with Crippen molar-refractivity contribution in [3.05, 3.63) is 83.2 Å². The molecule has 4 aliphatic rings. The maximum absolute atomic E-state index is 14.3. The minimum absolute atomic E-state index is 0.0491. The molecule has 0 aliphatic carbocycles. The molecule has 2 aromatic carbocycles. The molecule has 0 N–H and O–H groups in total. The number of halogens is 1. The van der Waals surface area contributed by atoms with Crippen LogP contribution < -0.4 is 0 Å². The standard InChI is InChI=1S/C27H25ClN6O4/c28-18-6-8-19(9-7-18)34-24(29-30-31-34)23(17-4-2-1-3-5-17)33-16-27-11-10-20(38-27)21(22(27)26(33)36)25(35)32-12-14-37-15-13-32/h1-11,20-23H,12-16H2/t20-,21-,22-,23-,27+/m1/s1. The van der Waals surface area contributed by atoms with E-state index in [1.54, 1.807) is 26.6 Å². The third-order valence-corrected chi connectivity index (χ3v) is 8.23. The molecule has 5 heterocycles. The van der Waals surface area contributed by atoms with Gasteiger partial charge in [0.1, 0.15) is 11.6 Å². The van der Waals surface area contributed by atoms with Crippen LogP contribution in [0.25, 0.3) is 5.69 Å². The lowest BCUT2D eigenvalue weighted by Crippen LogP contribution is -2.49. The highest BCUT2D eigenvalue weighted by molar-refractivity contribution is 6.30. The summed E-state index contributed by atoms with van der Waals surface area (Å²) in [6, 6.07) is 16.3. The second-order valence-corrected chi connectivity index (χ2v) is 10.5. The molecule has 11 heteroatoms. The van der Waals surface area contributed by atoms with Gasteiger partial charge < -0.3 is 19.3 Å². The predicted molar refractivity (Wildman–Crippen MR) is 135 cm³/mol. The molecule has 2 amide bonds. The summed E-state index contributed by atoms with van der Waals surface area (Å²) in [7, 11) is 0. The van der Waals surface area contributed by atoms with Crippen molar-refractivity contribution in [1.82, 2.24) is 30.0 Å². The van der Waals surface area contributed by atoms with Gasteiger partial charge in [-0.15, -0.1) is 5.10 Å². The van der Waals surface area contributed by atoms with Crippen molar-refractivity contribution < 1.29 is 19.1 Å². The molecule has 3 saturated heterocycles. The van der Waals surface area contributed by atoms with E-state index in [0.717, 1.165) is 11.3 Å². The van der Waals surface area contributed by atoms with E-state index in [-0.39, 0.29) is 11.8 Å². The molecule has 194 valence electrons. The summed E-state index contributed by atoms with van der Waals surface area (Å²) in [5.41, 5.74) is 0.717. The molecule has 0 unspecified atom stereocenters. The molecule has 3 aromatic rings. The SMILES string of the molecule is O=C([C@@H]1[C@H]2C=C[C@@]3(CN([C@H](c4ccccc4)c4nnnn4-c4ccc(Cl)cc4)C(=O)[C@@H]13)O2)N1CCOCC1. The minimum atomic E-state index is -0.861. The van der Waals surface area contributed by atoms with Gasteiger partial charge in [-0.25, -0.2) is 0 Å². The van der Waals surface area contributed by atoms with Crippen LogP contribution in [0.15, 0.2) is 66.7 Å². The van der Waals surface area contributed by atoms with Gasteiger partial charge >= 0.3 is 0 Å². The van der Waals surface area contributed by atoms with Crippen molar-refractivity contribution in [2.45, 2.75) is 17.7 Å². The molecular weight excluding hydrogens is 508 g/mol. The zero-order chi connectivity index (χ0) is 25.9. The lowest BCUT2D eigenvalue weighted by molar-refractivity contribution is -0.146. The summed E-state index contributed by atoms with van der Waals surface area (Å²) in [4.78, 5) is 31.5. The molecule has 1 aromatic heterocycles. The molecule has 4 aliphatic heterocycles. The smallest absolute Gasteiger partial charge is 0.230 e. The zero-order valence-electron chi connectivity index (χ0n) is 20.4. The van der Waals surface area contributed by atoms with Crippen molar-refractivity contribution in [3.8, 4) is 5.69 Å². The molecule has 2 bridgehead atoms. The molecular formula is C27H25ClN6O4. The Labute approximate surface area is 223 Å². The number of carbonyl (C=O) groups excluding carboxylic acids is 2. The second kappa shape index (κ2) is 9.00. The first-order valence-corrected chi connectivity index (χ1v) is 13.1. The lowest BCUT2D eigenvalue weighted by atomic mass is 9.76. The van der Waals surface area contributed by atoms with Crippen molar-refractivity contribution >= 4 is 23.4 Å². The van der Waals surface area contributed by atoms with E-state index < -0.39 is 29.6 Å². The number of tetrazole rings is 1. The van der Waals surface area contributed by atoms with E-state index in [1.807, 2.05) is 54.6 Å². The highest BCUT2D eigenvalue weighted by atomic mass is 35.5. The number of ether oxygens (including phenoxy) is 2. The lowest BCUT2D eigenvalue weighted by Gasteiger charge is -2.33. The number of likely N-dealkylation sites (tertiary alicyclic amines) is 1. The van der Waals surface area contributed by atoms with Gasteiger partial charge in [0, 0.05) is 18.1 Å². The summed E-state index contributed by atoms with van der Waals surface area (Å²) in [6.45, 7) is 2.33. The maximum atomic E-state index is 14.3. The molecule has 5 atom stereocenters. The average molecular weight is 533 g/mol. The van der Waals surface area contributed by atoms with Gasteiger partial charge in [-0.1, -0.05) is 54.1 Å². The number of benzene rings is 2. The Balaban J connectivity index is 1.28. The summed E-state index contributed by atoms with van der Waals surface area (Å²) >= 11 is 6.11. The van der Waals surface area contributed by atoms with E-state index in [1.165, 1.54) is 0 Å². The largest absolute Gasteiger partial charge is 0.378 e. The van der Waals surface area contributed by atoms with Crippen LogP contribution in [0.2, 0.25) is 5.02 Å². The minimum Gasteiger partial charge on any atom is -0.378 e. The first-order chi connectivity index (χ1) is 18.6. The normalized spacial score (nSPS) is 28.7. The molecule has 3 fully saturated rings. The highest BCUT2D eigenvalue weighted by Gasteiger charge is 2.68. The number of morpholine rings is 1. The van der Waals surface area contributed by atoms with Gasteiger partial charge in [-0.2, -0.15) is 4.68 Å². The van der Waals surface area contributed by atoms with Crippen LogP contribution in [0, 0.1) is 11.8 Å². The highest BCUT2D eigenvalue weighted by Crippen LogP contribution is 2.54. The molecule has 10 nitrogen and oxygen atoms in total. The molecule has 0 saturated carbocycles. The Morgan fingerprint density at radius 2 is 1.84 bits per heavy atom. The maximum Gasteiger partial charge on any atom is 0.230 e. The van der Waals surface area contributed by atoms with Gasteiger partial charge in [-0.3, -0.25) is 9.59 Å². The Morgan fingerprint density at radius 1 is 1.08 bits per heavy atom. The van der Waals surface area contributed by atoms with E-state index in [2.05, 4.69) is 15.5 Å². The van der Waals surface area contributed by atoms with Gasteiger partial charge in [0.15, 0.2) is 5.82 Å². The van der Waals surface area contributed by atoms with E-state index in [4.69, 9.17) is 21.1 Å². The molecule has 7 rings (SSSR count). The summed E-state index contributed by atoms with van der Waals surface area (Å²) < 4.78 is 13.5. The van der Waals surface area contributed by atoms with Crippen LogP contribution in [0.5, 0.6) is 0 Å². The van der Waals surface area contributed by atoms with E-state index in [0.29, 0.717) is 43.7 Å². The summed E-state index contributed by atoms with van der Waals surface area (Å²) in [5.74, 6) is -0.883. The zero-order valence-corrected chi connectivity index (χ0v) is 21.1. The van der Waals surface area contributed by atoms with Crippen molar-refractivity contribution in [1.29, 1.82) is 0 Å². The number of fused-ring (bicyclic) bond motifs is 1. The molecule has 0 radical (unpaired) electrons. The first-order valence-electron chi connectivity index (χ1n) is 12.7. The Kier molecular flexibility index (Phi) is 5.57. The third kappa shape index (κ3) is 3.58. The number of aromatic nitrogens is 4. The number of hydrogen-bond donors (Lipinski definition) is 0. The van der Waals surface area contributed by atoms with Gasteiger partial charge in [-0.05, 0) is 40.3 Å². The van der Waals surface area contributed by atoms with Gasteiger partial charge in [0.05, 0.1) is 43.4 Å². The van der Waals surface area contributed by atoms with Crippen molar-refractivity contribution in [2.75, 3.05) is 32.8 Å². The fourth-order valence-corrected chi connectivity index (χ4v) is 6.38. The Hall–Kier alpha value is -3.60. The Morgan fingerprint density at radius 3 is 2.61 bits per heavy atom. The average Bonchev–Trinajstić information content (AvgIpc) is 3.72. The van der Waals surface area contributed by atoms with Crippen LogP contribution in [0.4, 0.5) is 0 Å². The van der Waals surface area contributed by atoms with E-state index in [9.17, 15) is 9.59 Å². The summed E-state index contributed by atoms with van der Waals surface area (Å²) in [5, 5.41) is 13.2. The van der Waals surface area contributed by atoms with Crippen LogP contribution >= 0.6 is 11.6 Å². The second-order valence-electron chi connectivity index (χ2n) is 10.0.